The zero-order valence-corrected chi connectivity index (χ0v) is 14.2. The lowest BCUT2D eigenvalue weighted by Crippen LogP contribution is -2.27. The zero-order chi connectivity index (χ0) is 15.6. The Morgan fingerprint density at radius 2 is 2.05 bits per heavy atom. The number of carbonyl (C=O) groups is 1. The number of thiophene rings is 1. The van der Waals surface area contributed by atoms with Crippen molar-refractivity contribution in [2.24, 2.45) is 0 Å². The first-order valence-corrected chi connectivity index (χ1v) is 8.95. The van der Waals surface area contributed by atoms with E-state index in [2.05, 4.69) is 15.9 Å². The maximum Gasteiger partial charge on any atom is 0.337 e. The van der Waals surface area contributed by atoms with Crippen LogP contribution in [0.3, 0.4) is 0 Å². The van der Waals surface area contributed by atoms with Gasteiger partial charge in [-0.3, -0.25) is 0 Å². The molecule has 2 rings (SSSR count). The van der Waals surface area contributed by atoms with E-state index < -0.39 is 16.0 Å². The second-order valence-electron chi connectivity index (χ2n) is 4.32. The standard InChI is InChI=1S/C13H12BrNO4S2/c1-15(7-9-6-12(14)20-8-9)21(18,19)11-5-3-2-4-10(11)13(16)17/h2-6,8H,7H2,1H3,(H,16,17). The van der Waals surface area contributed by atoms with Gasteiger partial charge in [0.1, 0.15) is 0 Å². The molecule has 0 fully saturated rings. The molecule has 0 unspecified atom stereocenters. The first-order valence-electron chi connectivity index (χ1n) is 5.84. The second-order valence-corrected chi connectivity index (χ2v) is 8.63. The summed E-state index contributed by atoms with van der Waals surface area (Å²) in [6.45, 7) is 0.179. The molecule has 0 aliphatic rings. The number of nitrogens with zero attached hydrogens (tertiary/aromatic N) is 1. The normalized spacial score (nSPS) is 11.8. The van der Waals surface area contributed by atoms with Crippen LogP contribution in [0.1, 0.15) is 15.9 Å². The average molecular weight is 390 g/mol. The molecule has 0 atom stereocenters. The third kappa shape index (κ3) is 3.52. The van der Waals surface area contributed by atoms with E-state index in [4.69, 9.17) is 5.11 Å². The largest absolute Gasteiger partial charge is 0.478 e. The number of sulfonamides is 1. The maximum atomic E-state index is 12.5. The summed E-state index contributed by atoms with van der Waals surface area (Å²) in [7, 11) is -2.43. The molecular formula is C13H12BrNO4S2. The minimum absolute atomic E-state index is 0.179. The Balaban J connectivity index is 2.35. The summed E-state index contributed by atoms with van der Waals surface area (Å²) in [6.07, 6.45) is 0. The SMILES string of the molecule is CN(Cc1csc(Br)c1)S(=O)(=O)c1ccccc1C(=O)O. The van der Waals surface area contributed by atoms with Gasteiger partial charge in [0.05, 0.1) is 14.2 Å². The van der Waals surface area contributed by atoms with Crippen LogP contribution in [0.4, 0.5) is 0 Å². The summed E-state index contributed by atoms with van der Waals surface area (Å²) < 4.78 is 27.1. The first-order chi connectivity index (χ1) is 9.82. The fourth-order valence-electron chi connectivity index (χ4n) is 1.81. The topological polar surface area (TPSA) is 74.7 Å². The van der Waals surface area contributed by atoms with Crippen molar-refractivity contribution in [2.45, 2.75) is 11.4 Å². The number of halogens is 1. The summed E-state index contributed by atoms with van der Waals surface area (Å²) in [5.74, 6) is -1.26. The van der Waals surface area contributed by atoms with Crippen molar-refractivity contribution >= 4 is 43.3 Å². The molecule has 0 bridgehead atoms. The van der Waals surface area contributed by atoms with E-state index in [0.717, 1.165) is 13.7 Å². The molecule has 0 saturated carbocycles. The van der Waals surface area contributed by atoms with E-state index in [-0.39, 0.29) is 17.0 Å². The van der Waals surface area contributed by atoms with Crippen molar-refractivity contribution in [3.05, 3.63) is 50.6 Å². The van der Waals surface area contributed by atoms with Gasteiger partial charge in [0.15, 0.2) is 0 Å². The summed E-state index contributed by atoms with van der Waals surface area (Å²) >= 11 is 4.78. The lowest BCUT2D eigenvalue weighted by Gasteiger charge is -2.17. The summed E-state index contributed by atoms with van der Waals surface area (Å²) in [6, 6.07) is 7.43. The minimum atomic E-state index is -3.86. The van der Waals surface area contributed by atoms with Crippen LogP contribution >= 0.6 is 27.3 Å². The zero-order valence-electron chi connectivity index (χ0n) is 11.0. The Morgan fingerprint density at radius 1 is 1.38 bits per heavy atom. The lowest BCUT2D eigenvalue weighted by molar-refractivity contribution is 0.0692. The molecule has 1 aromatic carbocycles. The molecule has 0 saturated heterocycles. The molecule has 2 aromatic rings. The van der Waals surface area contributed by atoms with Crippen LogP contribution in [0.2, 0.25) is 0 Å². The Morgan fingerprint density at radius 3 is 2.62 bits per heavy atom. The lowest BCUT2D eigenvalue weighted by atomic mass is 10.2. The van der Waals surface area contributed by atoms with Crippen molar-refractivity contribution in [3.8, 4) is 0 Å². The van der Waals surface area contributed by atoms with Gasteiger partial charge in [-0.1, -0.05) is 12.1 Å². The van der Waals surface area contributed by atoms with Gasteiger partial charge in [-0.15, -0.1) is 11.3 Å². The van der Waals surface area contributed by atoms with Crippen molar-refractivity contribution < 1.29 is 18.3 Å². The first kappa shape index (κ1) is 16.2. The van der Waals surface area contributed by atoms with Crippen LogP contribution in [0.25, 0.3) is 0 Å². The number of hydrogen-bond donors (Lipinski definition) is 1. The van der Waals surface area contributed by atoms with Gasteiger partial charge in [0.2, 0.25) is 10.0 Å². The highest BCUT2D eigenvalue weighted by Gasteiger charge is 2.26. The molecular weight excluding hydrogens is 378 g/mol. The molecule has 1 heterocycles. The predicted molar refractivity (Wildman–Crippen MR) is 84.1 cm³/mol. The van der Waals surface area contributed by atoms with Gasteiger partial charge < -0.3 is 5.11 Å². The Hall–Kier alpha value is -1.22. The molecule has 112 valence electrons. The number of carboxylic acids is 1. The molecule has 0 spiro atoms. The van der Waals surface area contributed by atoms with E-state index in [1.54, 1.807) is 0 Å². The summed E-state index contributed by atoms with van der Waals surface area (Å²) in [4.78, 5) is 11.0. The van der Waals surface area contributed by atoms with Gasteiger partial charge in [0, 0.05) is 13.6 Å². The van der Waals surface area contributed by atoms with Gasteiger partial charge in [-0.05, 0) is 45.1 Å². The van der Waals surface area contributed by atoms with Crippen LogP contribution in [0, 0.1) is 0 Å². The van der Waals surface area contributed by atoms with Crippen molar-refractivity contribution in [3.63, 3.8) is 0 Å². The summed E-state index contributed by atoms with van der Waals surface area (Å²) in [5, 5.41) is 11.0. The van der Waals surface area contributed by atoms with Crippen LogP contribution < -0.4 is 0 Å². The van der Waals surface area contributed by atoms with Gasteiger partial charge in [-0.25, -0.2) is 13.2 Å². The van der Waals surface area contributed by atoms with Crippen molar-refractivity contribution in [1.82, 2.24) is 4.31 Å². The molecule has 5 nitrogen and oxygen atoms in total. The molecule has 1 N–H and O–H groups in total. The van der Waals surface area contributed by atoms with Crippen LogP contribution in [-0.4, -0.2) is 30.8 Å². The second kappa shape index (κ2) is 6.27. The highest BCUT2D eigenvalue weighted by atomic mass is 79.9. The predicted octanol–water partition coefficient (Wildman–Crippen LogP) is 3.03. The van der Waals surface area contributed by atoms with Gasteiger partial charge in [0.25, 0.3) is 0 Å². The third-order valence-electron chi connectivity index (χ3n) is 2.83. The monoisotopic (exact) mass is 389 g/mol. The highest BCUT2D eigenvalue weighted by Crippen LogP contribution is 2.24. The van der Waals surface area contributed by atoms with E-state index in [1.807, 2.05) is 11.4 Å². The quantitative estimate of drug-likeness (QED) is 0.852. The molecule has 0 radical (unpaired) electrons. The molecule has 8 heteroatoms. The molecule has 1 aromatic heterocycles. The number of rotatable bonds is 5. The number of carboxylic acid groups (broad SMARTS) is 1. The average Bonchev–Trinajstić information content (AvgIpc) is 2.84. The minimum Gasteiger partial charge on any atom is -0.478 e. The Kier molecular flexibility index (Phi) is 4.82. The van der Waals surface area contributed by atoms with Crippen LogP contribution in [-0.2, 0) is 16.6 Å². The van der Waals surface area contributed by atoms with Crippen LogP contribution in [0.15, 0.2) is 44.4 Å². The molecule has 0 aliphatic heterocycles. The molecule has 21 heavy (non-hydrogen) atoms. The number of aromatic carboxylic acids is 1. The number of hydrogen-bond acceptors (Lipinski definition) is 4. The summed E-state index contributed by atoms with van der Waals surface area (Å²) in [5.41, 5.74) is 0.613. The van der Waals surface area contributed by atoms with Crippen LogP contribution in [0.5, 0.6) is 0 Å². The third-order valence-corrected chi connectivity index (χ3v) is 6.25. The van der Waals surface area contributed by atoms with Crippen molar-refractivity contribution in [1.29, 1.82) is 0 Å². The fourth-order valence-corrected chi connectivity index (χ4v) is 4.35. The highest BCUT2D eigenvalue weighted by molar-refractivity contribution is 9.11. The molecule has 0 amide bonds. The van der Waals surface area contributed by atoms with Gasteiger partial charge >= 0.3 is 5.97 Å². The van der Waals surface area contributed by atoms with E-state index in [9.17, 15) is 13.2 Å². The number of benzene rings is 1. The van der Waals surface area contributed by atoms with E-state index >= 15 is 0 Å². The smallest absolute Gasteiger partial charge is 0.337 e. The van der Waals surface area contributed by atoms with Crippen molar-refractivity contribution in [2.75, 3.05) is 7.05 Å². The molecule has 0 aliphatic carbocycles. The fraction of sp³-hybridized carbons (Fsp3) is 0.154. The van der Waals surface area contributed by atoms with E-state index in [1.165, 1.54) is 42.6 Å². The van der Waals surface area contributed by atoms with Gasteiger partial charge in [-0.2, -0.15) is 4.31 Å². The maximum absolute atomic E-state index is 12.5. The van der Waals surface area contributed by atoms with E-state index in [0.29, 0.717) is 0 Å². The Bertz CT molecular complexity index is 770. The Labute approximate surface area is 135 Å².